The third-order valence-corrected chi connectivity index (χ3v) is 6.12. The number of hydrogen-bond donors (Lipinski definition) is 3. The number of unbranched alkanes of at least 4 members (excludes halogenated alkanes) is 16. The molecule has 2 amide bonds. The van der Waals surface area contributed by atoms with Crippen LogP contribution in [0.2, 0.25) is 0 Å². The lowest BCUT2D eigenvalue weighted by atomic mass is 10.1. The first kappa shape index (κ1) is 31.4. The summed E-state index contributed by atoms with van der Waals surface area (Å²) in [6.07, 6.45) is 21.4. The molecule has 6 nitrogen and oxygen atoms in total. The lowest BCUT2D eigenvalue weighted by Crippen LogP contribution is -2.48. The molecule has 0 aliphatic carbocycles. The van der Waals surface area contributed by atoms with Gasteiger partial charge in [-0.25, -0.2) is 0 Å². The zero-order chi connectivity index (χ0) is 24.6. The van der Waals surface area contributed by atoms with Crippen LogP contribution in [0.25, 0.3) is 0 Å². The number of carboxylic acids is 1. The Morgan fingerprint density at radius 1 is 0.636 bits per heavy atom. The van der Waals surface area contributed by atoms with E-state index in [1.165, 1.54) is 77.0 Å². The molecule has 0 radical (unpaired) electrons. The molecule has 0 spiro atoms. The van der Waals surface area contributed by atoms with Crippen LogP contribution in [-0.4, -0.2) is 35.5 Å². The van der Waals surface area contributed by atoms with Gasteiger partial charge in [0.1, 0.15) is 6.04 Å². The minimum atomic E-state index is -1.08. The lowest BCUT2D eigenvalue weighted by Gasteiger charge is -2.17. The number of hydrogen-bond acceptors (Lipinski definition) is 3. The monoisotopic (exact) mass is 468 g/mol. The molecule has 1 atom stereocenters. The van der Waals surface area contributed by atoms with Crippen molar-refractivity contribution >= 4 is 17.8 Å². The average Bonchev–Trinajstić information content (AvgIpc) is 2.78. The molecule has 0 aliphatic heterocycles. The lowest BCUT2D eigenvalue weighted by molar-refractivity contribution is -0.140. The second-order valence-corrected chi connectivity index (χ2v) is 9.42. The van der Waals surface area contributed by atoms with E-state index in [2.05, 4.69) is 24.5 Å². The van der Waals surface area contributed by atoms with Gasteiger partial charge in [-0.05, 0) is 12.8 Å². The fraction of sp³-hybridized carbons (Fsp3) is 0.889. The highest BCUT2D eigenvalue weighted by Gasteiger charge is 2.23. The molecule has 3 N–H and O–H groups in total. The summed E-state index contributed by atoms with van der Waals surface area (Å²) in [6.45, 7) is 4.95. The van der Waals surface area contributed by atoms with Gasteiger partial charge in [-0.1, -0.05) is 117 Å². The summed E-state index contributed by atoms with van der Waals surface area (Å²) < 4.78 is 0. The van der Waals surface area contributed by atoms with Crippen molar-refractivity contribution in [2.75, 3.05) is 6.54 Å². The van der Waals surface area contributed by atoms with E-state index >= 15 is 0 Å². The zero-order valence-electron chi connectivity index (χ0n) is 21.6. The van der Waals surface area contributed by atoms with Gasteiger partial charge in [-0.2, -0.15) is 0 Å². The Labute approximate surface area is 203 Å². The van der Waals surface area contributed by atoms with E-state index in [0.717, 1.165) is 38.5 Å². The first-order valence-corrected chi connectivity index (χ1v) is 13.8. The molecule has 0 aromatic rings. The SMILES string of the molecule is CCCCCCCCCCCCCC(=O)N[C@@H](CC(=O)O)C(=O)NCCCCCCCCC. The van der Waals surface area contributed by atoms with Gasteiger partial charge < -0.3 is 15.7 Å². The van der Waals surface area contributed by atoms with Crippen LogP contribution in [0.4, 0.5) is 0 Å². The summed E-state index contributed by atoms with van der Waals surface area (Å²) >= 11 is 0. The molecule has 0 saturated heterocycles. The summed E-state index contributed by atoms with van der Waals surface area (Å²) in [5.74, 6) is -1.71. The Morgan fingerprint density at radius 2 is 1.06 bits per heavy atom. The van der Waals surface area contributed by atoms with Crippen molar-refractivity contribution in [3.63, 3.8) is 0 Å². The fourth-order valence-corrected chi connectivity index (χ4v) is 4.02. The summed E-state index contributed by atoms with van der Waals surface area (Å²) in [7, 11) is 0. The molecule has 0 heterocycles. The molecule has 194 valence electrons. The Bertz CT molecular complexity index is 497. The largest absolute Gasteiger partial charge is 0.481 e. The molecule has 0 fully saturated rings. The van der Waals surface area contributed by atoms with Crippen LogP contribution < -0.4 is 10.6 Å². The number of aliphatic carboxylic acids is 1. The molecule has 0 saturated carbocycles. The second kappa shape index (κ2) is 23.6. The van der Waals surface area contributed by atoms with Crippen molar-refractivity contribution < 1.29 is 19.5 Å². The topological polar surface area (TPSA) is 95.5 Å². The number of carboxylic acid groups (broad SMARTS) is 1. The van der Waals surface area contributed by atoms with Gasteiger partial charge >= 0.3 is 5.97 Å². The second-order valence-electron chi connectivity index (χ2n) is 9.42. The molecule has 6 heteroatoms. The van der Waals surface area contributed by atoms with E-state index in [9.17, 15) is 14.4 Å². The van der Waals surface area contributed by atoms with Crippen molar-refractivity contribution in [2.24, 2.45) is 0 Å². The Hall–Kier alpha value is -1.59. The smallest absolute Gasteiger partial charge is 0.305 e. The number of amides is 2. The Balaban J connectivity index is 3.90. The van der Waals surface area contributed by atoms with Gasteiger partial charge in [0.25, 0.3) is 0 Å². The van der Waals surface area contributed by atoms with Crippen molar-refractivity contribution in [3.8, 4) is 0 Å². The normalized spacial score (nSPS) is 11.8. The predicted octanol–water partition coefficient (Wildman–Crippen LogP) is 6.51. The maximum absolute atomic E-state index is 12.4. The molecule has 0 aliphatic rings. The van der Waals surface area contributed by atoms with Crippen LogP contribution in [0.15, 0.2) is 0 Å². The van der Waals surface area contributed by atoms with Gasteiger partial charge in [0.2, 0.25) is 11.8 Å². The van der Waals surface area contributed by atoms with E-state index in [0.29, 0.717) is 13.0 Å². The quantitative estimate of drug-likeness (QED) is 0.141. The molecule has 0 aromatic carbocycles. The molecule has 0 aromatic heterocycles. The average molecular weight is 469 g/mol. The van der Waals surface area contributed by atoms with Gasteiger partial charge in [0.15, 0.2) is 0 Å². The summed E-state index contributed by atoms with van der Waals surface area (Å²) in [6, 6.07) is -0.993. The molecule has 33 heavy (non-hydrogen) atoms. The number of rotatable bonds is 24. The zero-order valence-corrected chi connectivity index (χ0v) is 21.6. The van der Waals surface area contributed by atoms with Crippen molar-refractivity contribution in [2.45, 2.75) is 148 Å². The Morgan fingerprint density at radius 3 is 1.52 bits per heavy atom. The van der Waals surface area contributed by atoms with Crippen molar-refractivity contribution in [3.05, 3.63) is 0 Å². The highest BCUT2D eigenvalue weighted by Crippen LogP contribution is 2.12. The maximum atomic E-state index is 12.4. The third kappa shape index (κ3) is 22.0. The van der Waals surface area contributed by atoms with Crippen molar-refractivity contribution in [1.29, 1.82) is 0 Å². The Kier molecular flexibility index (Phi) is 22.4. The minimum absolute atomic E-state index is 0.233. The third-order valence-electron chi connectivity index (χ3n) is 6.12. The number of nitrogens with one attached hydrogen (secondary N) is 2. The molecular formula is C27H52N2O4. The van der Waals surface area contributed by atoms with E-state index in [1.807, 2.05) is 0 Å². The van der Waals surface area contributed by atoms with Crippen LogP contribution in [-0.2, 0) is 14.4 Å². The highest BCUT2D eigenvalue weighted by molar-refractivity contribution is 5.90. The summed E-state index contributed by atoms with van der Waals surface area (Å²) in [5.41, 5.74) is 0. The first-order chi connectivity index (χ1) is 16.0. The molecule has 0 unspecified atom stereocenters. The minimum Gasteiger partial charge on any atom is -0.481 e. The highest BCUT2D eigenvalue weighted by atomic mass is 16.4. The van der Waals surface area contributed by atoms with E-state index in [1.54, 1.807) is 0 Å². The number of carbonyl (C=O) groups excluding carboxylic acids is 2. The van der Waals surface area contributed by atoms with Gasteiger partial charge in [-0.3, -0.25) is 14.4 Å². The van der Waals surface area contributed by atoms with E-state index in [-0.39, 0.29) is 12.3 Å². The van der Waals surface area contributed by atoms with E-state index < -0.39 is 17.9 Å². The van der Waals surface area contributed by atoms with Crippen LogP contribution in [0.5, 0.6) is 0 Å². The number of carbonyl (C=O) groups is 3. The van der Waals surface area contributed by atoms with Crippen LogP contribution in [0.3, 0.4) is 0 Å². The summed E-state index contributed by atoms with van der Waals surface area (Å²) in [5, 5.41) is 14.5. The maximum Gasteiger partial charge on any atom is 0.305 e. The first-order valence-electron chi connectivity index (χ1n) is 13.8. The fourth-order valence-electron chi connectivity index (χ4n) is 4.02. The predicted molar refractivity (Wildman–Crippen MR) is 136 cm³/mol. The van der Waals surface area contributed by atoms with Crippen LogP contribution in [0, 0.1) is 0 Å². The summed E-state index contributed by atoms with van der Waals surface area (Å²) in [4.78, 5) is 35.7. The van der Waals surface area contributed by atoms with Crippen LogP contribution in [0.1, 0.15) is 142 Å². The molecular weight excluding hydrogens is 416 g/mol. The van der Waals surface area contributed by atoms with E-state index in [4.69, 9.17) is 5.11 Å². The van der Waals surface area contributed by atoms with Gasteiger partial charge in [0, 0.05) is 13.0 Å². The van der Waals surface area contributed by atoms with Crippen molar-refractivity contribution in [1.82, 2.24) is 10.6 Å². The standard InChI is InChI=1S/C27H52N2O4/c1-3-5-7-9-11-12-13-14-15-17-19-21-25(30)29-24(23-26(31)32)27(33)28-22-20-18-16-10-8-6-4-2/h24H,3-23H2,1-2H3,(H,28,33)(H,29,30)(H,31,32)/t24-/m0/s1. The van der Waals surface area contributed by atoms with Gasteiger partial charge in [0.05, 0.1) is 6.42 Å². The van der Waals surface area contributed by atoms with Gasteiger partial charge in [-0.15, -0.1) is 0 Å². The van der Waals surface area contributed by atoms with Crippen LogP contribution >= 0.6 is 0 Å². The molecule has 0 rings (SSSR count). The molecule has 0 bridgehead atoms.